The van der Waals surface area contributed by atoms with E-state index < -0.39 is 25.8 Å². The highest BCUT2D eigenvalue weighted by molar-refractivity contribution is 6.71. The predicted molar refractivity (Wildman–Crippen MR) is 63.9 cm³/mol. The van der Waals surface area contributed by atoms with Crippen LogP contribution < -0.4 is 0 Å². The lowest BCUT2D eigenvalue weighted by atomic mass is 10.1. The van der Waals surface area contributed by atoms with E-state index in [9.17, 15) is 13.2 Å². The molecule has 0 saturated carbocycles. The van der Waals surface area contributed by atoms with E-state index in [1.807, 2.05) is 13.1 Å². The van der Waals surface area contributed by atoms with Crippen molar-refractivity contribution in [2.45, 2.75) is 32.0 Å². The van der Waals surface area contributed by atoms with Crippen LogP contribution >= 0.6 is 0 Å². The van der Waals surface area contributed by atoms with Crippen molar-refractivity contribution in [2.24, 2.45) is 0 Å². The summed E-state index contributed by atoms with van der Waals surface area (Å²) in [5, 5.41) is 0. The predicted octanol–water partition coefficient (Wildman–Crippen LogP) is 3.89. The highest BCUT2D eigenvalue weighted by Gasteiger charge is 2.20. The molecule has 0 heterocycles. The molecule has 1 aromatic rings. The van der Waals surface area contributed by atoms with Gasteiger partial charge in [0.2, 0.25) is 0 Å². The summed E-state index contributed by atoms with van der Waals surface area (Å²) in [5.74, 6) is -2.49. The molecular formula is C12H17F3OSi. The molecule has 0 aromatic heterocycles. The number of hydrogen-bond donors (Lipinski definition) is 0. The van der Waals surface area contributed by atoms with Gasteiger partial charge in [-0.3, -0.25) is 0 Å². The number of hydrogen-bond acceptors (Lipinski definition) is 1. The van der Waals surface area contributed by atoms with E-state index in [2.05, 4.69) is 0 Å². The average Bonchev–Trinajstić information content (AvgIpc) is 2.22. The Morgan fingerprint density at radius 3 is 2.12 bits per heavy atom. The van der Waals surface area contributed by atoms with E-state index in [-0.39, 0.29) is 12.0 Å². The standard InChI is InChI=1S/C12H17F3OSi/c1-16-17(2,3)6-4-5-10-11(14)7-9(13)8-12(10)15/h7-8H,4-6H2,1-3H3. The summed E-state index contributed by atoms with van der Waals surface area (Å²) in [5.41, 5.74) is -0.0349. The summed E-state index contributed by atoms with van der Waals surface area (Å²) in [6.07, 6.45) is 0.921. The molecule has 0 spiro atoms. The SMILES string of the molecule is CO[Si](C)(C)CCCc1c(F)cc(F)cc1F. The molecule has 0 atom stereocenters. The highest BCUT2D eigenvalue weighted by atomic mass is 28.4. The van der Waals surface area contributed by atoms with E-state index in [1.165, 1.54) is 0 Å². The zero-order valence-electron chi connectivity index (χ0n) is 10.3. The van der Waals surface area contributed by atoms with Gasteiger partial charge in [0.15, 0.2) is 8.32 Å². The van der Waals surface area contributed by atoms with Gasteiger partial charge in [0.05, 0.1) is 0 Å². The zero-order valence-corrected chi connectivity index (χ0v) is 11.3. The van der Waals surface area contributed by atoms with Gasteiger partial charge >= 0.3 is 0 Å². The van der Waals surface area contributed by atoms with Crippen LogP contribution in [-0.4, -0.2) is 15.4 Å². The maximum absolute atomic E-state index is 13.3. The van der Waals surface area contributed by atoms with Crippen molar-refractivity contribution in [3.05, 3.63) is 35.1 Å². The smallest absolute Gasteiger partial charge is 0.186 e. The molecule has 0 N–H and O–H groups in total. The van der Waals surface area contributed by atoms with Crippen LogP contribution in [0, 0.1) is 17.5 Å². The molecule has 1 rings (SSSR count). The van der Waals surface area contributed by atoms with Gasteiger partial charge in [0.25, 0.3) is 0 Å². The van der Waals surface area contributed by atoms with Crippen LogP contribution in [0.2, 0.25) is 19.1 Å². The van der Waals surface area contributed by atoms with Crippen molar-refractivity contribution >= 4 is 8.32 Å². The third-order valence-electron chi connectivity index (χ3n) is 2.86. The normalized spacial score (nSPS) is 11.9. The van der Waals surface area contributed by atoms with Gasteiger partial charge in [-0.2, -0.15) is 0 Å². The van der Waals surface area contributed by atoms with Gasteiger partial charge in [-0.05, 0) is 32.0 Å². The minimum Gasteiger partial charge on any atom is -0.420 e. The molecule has 1 aromatic carbocycles. The Kier molecular flexibility index (Phi) is 4.77. The molecule has 0 bridgehead atoms. The van der Waals surface area contributed by atoms with Crippen molar-refractivity contribution in [1.82, 2.24) is 0 Å². The Bertz CT molecular complexity index is 370. The Labute approximate surface area is 101 Å². The molecular weight excluding hydrogens is 245 g/mol. The Hall–Kier alpha value is -0.813. The number of benzene rings is 1. The molecule has 0 saturated heterocycles. The van der Waals surface area contributed by atoms with Crippen LogP contribution in [0.25, 0.3) is 0 Å². The summed E-state index contributed by atoms with van der Waals surface area (Å²) in [6.45, 7) is 4.09. The third-order valence-corrected chi connectivity index (χ3v) is 5.53. The molecule has 0 radical (unpaired) electrons. The fourth-order valence-electron chi connectivity index (χ4n) is 1.60. The largest absolute Gasteiger partial charge is 0.420 e. The average molecular weight is 262 g/mol. The van der Waals surface area contributed by atoms with E-state index in [0.717, 1.165) is 18.2 Å². The Morgan fingerprint density at radius 2 is 1.65 bits per heavy atom. The van der Waals surface area contributed by atoms with Crippen LogP contribution in [0.15, 0.2) is 12.1 Å². The van der Waals surface area contributed by atoms with Crippen molar-refractivity contribution in [2.75, 3.05) is 7.11 Å². The third kappa shape index (κ3) is 4.16. The second kappa shape index (κ2) is 5.69. The topological polar surface area (TPSA) is 9.23 Å². The molecule has 96 valence electrons. The first kappa shape index (κ1) is 14.2. The van der Waals surface area contributed by atoms with Gasteiger partial charge in [0, 0.05) is 24.8 Å². The molecule has 0 fully saturated rings. The first-order valence-electron chi connectivity index (χ1n) is 5.54. The van der Waals surface area contributed by atoms with Crippen molar-refractivity contribution < 1.29 is 17.6 Å². The van der Waals surface area contributed by atoms with E-state index in [4.69, 9.17) is 4.43 Å². The maximum Gasteiger partial charge on any atom is 0.186 e. The van der Waals surface area contributed by atoms with E-state index in [0.29, 0.717) is 6.42 Å². The Balaban J connectivity index is 2.64. The summed E-state index contributed by atoms with van der Waals surface area (Å²) < 4.78 is 44.7. The minimum atomic E-state index is -1.70. The maximum atomic E-state index is 13.3. The molecule has 0 aliphatic rings. The number of rotatable bonds is 5. The lowest BCUT2D eigenvalue weighted by Gasteiger charge is -2.19. The second-order valence-electron chi connectivity index (χ2n) is 4.67. The fraction of sp³-hybridized carbons (Fsp3) is 0.500. The lowest BCUT2D eigenvalue weighted by Crippen LogP contribution is -2.28. The van der Waals surface area contributed by atoms with Gasteiger partial charge < -0.3 is 4.43 Å². The van der Waals surface area contributed by atoms with E-state index in [1.54, 1.807) is 7.11 Å². The van der Waals surface area contributed by atoms with Crippen molar-refractivity contribution in [3.8, 4) is 0 Å². The molecule has 0 unspecified atom stereocenters. The minimum absolute atomic E-state index is 0.0349. The van der Waals surface area contributed by atoms with Crippen LogP contribution in [0.1, 0.15) is 12.0 Å². The van der Waals surface area contributed by atoms with Gasteiger partial charge in [0.1, 0.15) is 17.5 Å². The van der Waals surface area contributed by atoms with Crippen molar-refractivity contribution in [1.29, 1.82) is 0 Å². The molecule has 0 aliphatic carbocycles. The van der Waals surface area contributed by atoms with Gasteiger partial charge in [-0.1, -0.05) is 0 Å². The monoisotopic (exact) mass is 262 g/mol. The quantitative estimate of drug-likeness (QED) is 0.732. The molecule has 0 aliphatic heterocycles. The fourth-order valence-corrected chi connectivity index (χ4v) is 2.84. The first-order valence-corrected chi connectivity index (χ1v) is 8.66. The molecule has 0 amide bonds. The first-order chi connectivity index (χ1) is 7.85. The van der Waals surface area contributed by atoms with Gasteiger partial charge in [-0.15, -0.1) is 0 Å². The van der Waals surface area contributed by atoms with Crippen molar-refractivity contribution in [3.63, 3.8) is 0 Å². The summed E-state index contributed by atoms with van der Waals surface area (Å²) in [4.78, 5) is 0. The number of halogens is 3. The van der Waals surface area contributed by atoms with E-state index >= 15 is 0 Å². The highest BCUT2D eigenvalue weighted by Crippen LogP contribution is 2.20. The summed E-state index contributed by atoms with van der Waals surface area (Å²) in [7, 11) is -0.0378. The lowest BCUT2D eigenvalue weighted by molar-refractivity contribution is 0.401. The molecule has 5 heteroatoms. The molecule has 1 nitrogen and oxygen atoms in total. The van der Waals surface area contributed by atoms with Gasteiger partial charge in [-0.25, -0.2) is 13.2 Å². The zero-order chi connectivity index (χ0) is 13.1. The molecule has 17 heavy (non-hydrogen) atoms. The second-order valence-corrected chi connectivity index (χ2v) is 9.09. The van der Waals surface area contributed by atoms with Crippen LogP contribution in [0.3, 0.4) is 0 Å². The van der Waals surface area contributed by atoms with Crippen LogP contribution in [0.5, 0.6) is 0 Å². The van der Waals surface area contributed by atoms with Crippen LogP contribution in [-0.2, 0) is 10.8 Å². The summed E-state index contributed by atoms with van der Waals surface area (Å²) in [6, 6.07) is 2.26. The van der Waals surface area contributed by atoms with Crippen LogP contribution in [0.4, 0.5) is 13.2 Å². The Morgan fingerprint density at radius 1 is 1.12 bits per heavy atom. The summed E-state index contributed by atoms with van der Waals surface area (Å²) >= 11 is 0.